The van der Waals surface area contributed by atoms with E-state index >= 15 is 0 Å². The number of hydrogen-bond acceptors (Lipinski definition) is 6. The summed E-state index contributed by atoms with van der Waals surface area (Å²) in [5.74, 6) is -0.555. The first-order valence-electron chi connectivity index (χ1n) is 9.39. The predicted octanol–water partition coefficient (Wildman–Crippen LogP) is 3.62. The van der Waals surface area contributed by atoms with Crippen LogP contribution in [-0.2, 0) is 27.8 Å². The largest absolute Gasteiger partial charge is 0.495 e. The van der Waals surface area contributed by atoms with Crippen LogP contribution in [0.1, 0.15) is 21.6 Å². The van der Waals surface area contributed by atoms with Crippen LogP contribution in [0, 0.1) is 0 Å². The van der Waals surface area contributed by atoms with Crippen molar-refractivity contribution >= 4 is 27.6 Å². The fourth-order valence-corrected chi connectivity index (χ4v) is 4.21. The van der Waals surface area contributed by atoms with Crippen LogP contribution in [0.15, 0.2) is 71.8 Å². The fourth-order valence-electron chi connectivity index (χ4n) is 2.79. The molecule has 31 heavy (non-hydrogen) atoms. The number of ether oxygens (including phenoxy) is 2. The van der Waals surface area contributed by atoms with E-state index in [1.165, 1.54) is 25.3 Å². The molecule has 2 aromatic carbocycles. The number of methoxy groups -OCH3 is 1. The van der Waals surface area contributed by atoms with E-state index in [4.69, 9.17) is 21.1 Å². The van der Waals surface area contributed by atoms with E-state index in [1.54, 1.807) is 36.5 Å². The molecule has 0 atom stereocenters. The van der Waals surface area contributed by atoms with Crippen LogP contribution in [0.5, 0.6) is 5.75 Å². The van der Waals surface area contributed by atoms with E-state index in [0.29, 0.717) is 17.0 Å². The van der Waals surface area contributed by atoms with Gasteiger partial charge < -0.3 is 9.47 Å². The van der Waals surface area contributed by atoms with Crippen LogP contribution in [0.3, 0.4) is 0 Å². The van der Waals surface area contributed by atoms with Gasteiger partial charge >= 0.3 is 5.97 Å². The summed E-state index contributed by atoms with van der Waals surface area (Å²) in [6.45, 7) is 0.110. The molecule has 0 amide bonds. The first-order chi connectivity index (χ1) is 14.9. The third-order valence-corrected chi connectivity index (χ3v) is 6.26. The lowest BCUT2D eigenvalue weighted by Crippen LogP contribution is -2.27. The normalized spacial score (nSPS) is 11.2. The van der Waals surface area contributed by atoms with E-state index in [-0.39, 0.29) is 29.4 Å². The molecule has 0 saturated heterocycles. The van der Waals surface area contributed by atoms with Crippen molar-refractivity contribution in [3.63, 3.8) is 0 Å². The molecule has 0 aliphatic carbocycles. The first kappa shape index (κ1) is 22.7. The van der Waals surface area contributed by atoms with Gasteiger partial charge in [0.15, 0.2) is 0 Å². The Morgan fingerprint density at radius 3 is 2.58 bits per heavy atom. The summed E-state index contributed by atoms with van der Waals surface area (Å²) < 4.78 is 38.6. The fraction of sp³-hybridized carbons (Fsp3) is 0.182. The second kappa shape index (κ2) is 10.4. The molecule has 1 N–H and O–H groups in total. The molecule has 0 aliphatic rings. The maximum absolute atomic E-state index is 12.8. The molecule has 0 fully saturated rings. The summed E-state index contributed by atoms with van der Waals surface area (Å²) in [5.41, 5.74) is 1.49. The zero-order valence-corrected chi connectivity index (χ0v) is 18.3. The number of benzene rings is 2. The van der Waals surface area contributed by atoms with E-state index in [1.807, 2.05) is 12.1 Å². The molecule has 0 saturated carbocycles. The minimum Gasteiger partial charge on any atom is -0.495 e. The molecule has 0 radical (unpaired) electrons. The number of pyridine rings is 1. The Balaban J connectivity index is 1.72. The van der Waals surface area contributed by atoms with Gasteiger partial charge in [-0.1, -0.05) is 35.9 Å². The summed E-state index contributed by atoms with van der Waals surface area (Å²) in [4.78, 5) is 16.5. The molecule has 7 nitrogen and oxygen atoms in total. The molecule has 0 unspecified atom stereocenters. The highest BCUT2D eigenvalue weighted by atomic mass is 35.5. The molecule has 0 spiro atoms. The van der Waals surface area contributed by atoms with Crippen molar-refractivity contribution in [2.45, 2.75) is 17.9 Å². The highest BCUT2D eigenvalue weighted by Crippen LogP contribution is 2.25. The van der Waals surface area contributed by atoms with Gasteiger partial charge in [-0.2, -0.15) is 0 Å². The summed E-state index contributed by atoms with van der Waals surface area (Å²) in [5, 5.41) is 0.477. The second-order valence-corrected chi connectivity index (χ2v) is 8.64. The van der Waals surface area contributed by atoms with Crippen LogP contribution in [-0.4, -0.2) is 33.0 Å². The zero-order valence-electron chi connectivity index (χ0n) is 16.7. The SMILES string of the molecule is COc1ccc(C(=O)OCc2ccccc2Cl)cc1S(=O)(=O)NCCc1ccccn1. The van der Waals surface area contributed by atoms with Crippen molar-refractivity contribution in [2.24, 2.45) is 0 Å². The summed E-state index contributed by atoms with van der Waals surface area (Å²) in [7, 11) is -2.58. The Kier molecular flexibility index (Phi) is 7.62. The number of halogens is 1. The third kappa shape index (κ3) is 6.04. The monoisotopic (exact) mass is 460 g/mol. The van der Waals surface area contributed by atoms with E-state index in [2.05, 4.69) is 9.71 Å². The van der Waals surface area contributed by atoms with Gasteiger partial charge in [-0.15, -0.1) is 0 Å². The maximum Gasteiger partial charge on any atom is 0.338 e. The highest BCUT2D eigenvalue weighted by molar-refractivity contribution is 7.89. The van der Waals surface area contributed by atoms with Crippen molar-refractivity contribution in [1.29, 1.82) is 0 Å². The van der Waals surface area contributed by atoms with Crippen LogP contribution >= 0.6 is 11.6 Å². The lowest BCUT2D eigenvalue weighted by Gasteiger charge is -2.12. The van der Waals surface area contributed by atoms with Crippen molar-refractivity contribution < 1.29 is 22.7 Å². The Labute approximate surface area is 186 Å². The molecule has 162 valence electrons. The Bertz CT molecular complexity index is 1150. The molecule has 3 aromatic rings. The first-order valence-corrected chi connectivity index (χ1v) is 11.2. The molecule has 3 rings (SSSR count). The van der Waals surface area contributed by atoms with Gasteiger partial charge in [0.2, 0.25) is 10.0 Å². The molecule has 9 heteroatoms. The van der Waals surface area contributed by atoms with Gasteiger partial charge in [0.1, 0.15) is 17.3 Å². The number of aromatic nitrogens is 1. The smallest absolute Gasteiger partial charge is 0.338 e. The number of nitrogens with one attached hydrogen (secondary N) is 1. The second-order valence-electron chi connectivity index (χ2n) is 6.50. The van der Waals surface area contributed by atoms with Crippen LogP contribution in [0.4, 0.5) is 0 Å². The Morgan fingerprint density at radius 1 is 1.10 bits per heavy atom. The standard InChI is InChI=1S/C22H21ClN2O5S/c1-29-20-10-9-16(22(26)30-15-17-6-2-3-8-19(17)23)14-21(20)31(27,28)25-13-11-18-7-4-5-12-24-18/h2-10,12,14,25H,11,13,15H2,1H3. The lowest BCUT2D eigenvalue weighted by atomic mass is 10.2. The topological polar surface area (TPSA) is 94.6 Å². The van der Waals surface area contributed by atoms with Crippen molar-refractivity contribution in [3.05, 3.63) is 88.7 Å². The maximum atomic E-state index is 12.8. The average molecular weight is 461 g/mol. The summed E-state index contributed by atoms with van der Waals surface area (Å²) in [6.07, 6.45) is 2.06. The van der Waals surface area contributed by atoms with Crippen molar-refractivity contribution in [2.75, 3.05) is 13.7 Å². The number of carbonyl (C=O) groups excluding carboxylic acids is 1. The number of rotatable bonds is 9. The van der Waals surface area contributed by atoms with Gasteiger partial charge in [-0.3, -0.25) is 4.98 Å². The minimum absolute atomic E-state index is 0.0328. The number of sulfonamides is 1. The minimum atomic E-state index is -3.93. The quantitative estimate of drug-likeness (QED) is 0.490. The Hall–Kier alpha value is -2.94. The van der Waals surface area contributed by atoms with Crippen molar-refractivity contribution in [1.82, 2.24) is 9.71 Å². The Morgan fingerprint density at radius 2 is 1.87 bits per heavy atom. The predicted molar refractivity (Wildman–Crippen MR) is 117 cm³/mol. The molecule has 0 aliphatic heterocycles. The van der Waals surface area contributed by atoms with E-state index in [9.17, 15) is 13.2 Å². The average Bonchev–Trinajstić information content (AvgIpc) is 2.78. The van der Waals surface area contributed by atoms with Crippen LogP contribution < -0.4 is 9.46 Å². The van der Waals surface area contributed by atoms with E-state index < -0.39 is 16.0 Å². The molecular weight excluding hydrogens is 440 g/mol. The third-order valence-electron chi connectivity index (χ3n) is 4.40. The molecular formula is C22H21ClN2O5S. The van der Waals surface area contributed by atoms with E-state index in [0.717, 1.165) is 5.69 Å². The van der Waals surface area contributed by atoms with Gasteiger partial charge in [0.25, 0.3) is 0 Å². The van der Waals surface area contributed by atoms with Crippen LogP contribution in [0.25, 0.3) is 0 Å². The number of nitrogens with zero attached hydrogens (tertiary/aromatic N) is 1. The number of hydrogen-bond donors (Lipinski definition) is 1. The zero-order chi connectivity index (χ0) is 22.3. The lowest BCUT2D eigenvalue weighted by molar-refractivity contribution is 0.0472. The van der Waals surface area contributed by atoms with Gasteiger partial charge in [-0.05, 0) is 36.4 Å². The summed E-state index contributed by atoms with van der Waals surface area (Å²) in [6, 6.07) is 16.5. The molecule has 1 aromatic heterocycles. The van der Waals surface area contributed by atoms with Crippen molar-refractivity contribution in [3.8, 4) is 5.75 Å². The van der Waals surface area contributed by atoms with Crippen LogP contribution in [0.2, 0.25) is 5.02 Å². The molecule has 0 bridgehead atoms. The van der Waals surface area contributed by atoms with Gasteiger partial charge in [-0.25, -0.2) is 17.9 Å². The number of esters is 1. The van der Waals surface area contributed by atoms with Gasteiger partial charge in [0, 0.05) is 35.4 Å². The van der Waals surface area contributed by atoms with Gasteiger partial charge in [0.05, 0.1) is 12.7 Å². The number of carbonyl (C=O) groups is 1. The highest BCUT2D eigenvalue weighted by Gasteiger charge is 2.22. The summed E-state index contributed by atoms with van der Waals surface area (Å²) >= 11 is 6.07. The molecule has 1 heterocycles.